The Morgan fingerprint density at radius 1 is 0.889 bits per heavy atom. The van der Waals surface area contributed by atoms with Crippen LogP contribution in [-0.2, 0) is 39.7 Å². The smallest absolute Gasteiger partial charge is 0.407 e. The molecule has 0 radical (unpaired) electrons. The van der Waals surface area contributed by atoms with Gasteiger partial charge in [-0.25, -0.2) is 18.8 Å². The third kappa shape index (κ3) is 12.3. The van der Waals surface area contributed by atoms with Crippen molar-refractivity contribution < 1.29 is 47.3 Å². The first-order valence-electron chi connectivity index (χ1n) is 18.5. The zero-order chi connectivity index (χ0) is 38.3. The number of methoxy groups -OCH3 is 1. The Labute approximate surface area is 315 Å². The molecule has 3 N–H and O–H groups in total. The van der Waals surface area contributed by atoms with Crippen molar-refractivity contribution in [2.24, 2.45) is 0 Å². The van der Waals surface area contributed by atoms with Gasteiger partial charge in [0.05, 0.1) is 19.3 Å². The maximum atomic E-state index is 13.3. The molecule has 3 aromatic carbocycles. The van der Waals surface area contributed by atoms with Crippen LogP contribution < -0.4 is 16.0 Å². The molecule has 2 heterocycles. The molecule has 0 unspecified atom stereocenters. The summed E-state index contributed by atoms with van der Waals surface area (Å²) < 4.78 is 42.5. The second-order valence-electron chi connectivity index (χ2n) is 13.8. The summed E-state index contributed by atoms with van der Waals surface area (Å²) in [6.07, 6.45) is 0.494. The molecule has 2 fully saturated rings. The largest absolute Gasteiger partial charge is 0.467 e. The summed E-state index contributed by atoms with van der Waals surface area (Å²) in [6, 6.07) is 25.1. The third-order valence-corrected chi connectivity index (χ3v) is 9.66. The highest BCUT2D eigenvalue weighted by atomic mass is 19.1. The Morgan fingerprint density at radius 2 is 1.56 bits per heavy atom. The number of amides is 3. The first-order valence-corrected chi connectivity index (χ1v) is 18.5. The summed E-state index contributed by atoms with van der Waals surface area (Å²) >= 11 is 0. The summed E-state index contributed by atoms with van der Waals surface area (Å²) in [5, 5.41) is 8.30. The van der Waals surface area contributed by atoms with Gasteiger partial charge in [-0.1, -0.05) is 72.8 Å². The lowest BCUT2D eigenvalue weighted by Gasteiger charge is -2.47. The second-order valence-corrected chi connectivity index (χ2v) is 13.8. The Kier molecular flexibility index (Phi) is 14.8. The number of benzene rings is 3. The number of esters is 1. The molecule has 2 aliphatic rings. The van der Waals surface area contributed by atoms with Crippen LogP contribution in [0.5, 0.6) is 0 Å². The minimum atomic E-state index is -1.13. The number of nitrogens with one attached hydrogen (secondary N) is 3. The minimum Gasteiger partial charge on any atom is -0.467 e. The Balaban J connectivity index is 1.17. The van der Waals surface area contributed by atoms with Crippen LogP contribution in [0, 0.1) is 5.82 Å². The zero-order valence-corrected chi connectivity index (χ0v) is 30.8. The van der Waals surface area contributed by atoms with E-state index in [1.54, 1.807) is 12.1 Å². The van der Waals surface area contributed by atoms with Crippen LogP contribution in [0.2, 0.25) is 0 Å². The summed E-state index contributed by atoms with van der Waals surface area (Å²) in [4.78, 5) is 50.3. The van der Waals surface area contributed by atoms with E-state index in [1.165, 1.54) is 26.2 Å². The molecule has 1 spiro atoms. The molecule has 13 heteroatoms. The molecule has 5 atom stereocenters. The number of carbonyl (C=O) groups is 4. The molecule has 0 bridgehead atoms. The van der Waals surface area contributed by atoms with Gasteiger partial charge < -0.3 is 39.6 Å². The summed E-state index contributed by atoms with van der Waals surface area (Å²) in [5.74, 6) is -2.44. The van der Waals surface area contributed by atoms with Crippen LogP contribution >= 0.6 is 0 Å². The molecule has 0 saturated carbocycles. The van der Waals surface area contributed by atoms with Crippen LogP contribution in [0.25, 0.3) is 0 Å². The molecule has 12 nitrogen and oxygen atoms in total. The zero-order valence-electron chi connectivity index (χ0n) is 30.8. The van der Waals surface area contributed by atoms with Crippen LogP contribution in [0.3, 0.4) is 0 Å². The van der Waals surface area contributed by atoms with Gasteiger partial charge in [0.1, 0.15) is 24.6 Å². The molecule has 54 heavy (non-hydrogen) atoms. The minimum absolute atomic E-state index is 0.00777. The van der Waals surface area contributed by atoms with Crippen molar-refractivity contribution in [3.8, 4) is 0 Å². The number of alkyl carbamates (subject to hydrolysis) is 2. The van der Waals surface area contributed by atoms with Crippen LogP contribution in [-0.4, -0.2) is 81.0 Å². The molecule has 3 aromatic rings. The van der Waals surface area contributed by atoms with Gasteiger partial charge in [-0.15, -0.1) is 0 Å². The predicted octanol–water partition coefficient (Wildman–Crippen LogP) is 5.92. The van der Waals surface area contributed by atoms with Gasteiger partial charge >= 0.3 is 18.2 Å². The van der Waals surface area contributed by atoms with Gasteiger partial charge in [-0.3, -0.25) is 4.79 Å². The maximum Gasteiger partial charge on any atom is 0.407 e. The van der Waals surface area contributed by atoms with E-state index in [9.17, 15) is 23.6 Å². The Bertz CT molecular complexity index is 1620. The SMILES string of the molecule is COC(=O)[C@H](C)NC(=O)CC[C@@H]1C[C@@H](OC(=O)NCCc2ccc(F)cc2)C[C@@]2(CCC[C@H](COC(=O)NCC(c3ccccc3)c3ccccc3)O2)O1. The van der Waals surface area contributed by atoms with Crippen molar-refractivity contribution in [2.75, 3.05) is 26.8 Å². The molecule has 5 rings (SSSR count). The average molecular weight is 748 g/mol. The van der Waals surface area contributed by atoms with E-state index in [2.05, 4.69) is 16.0 Å². The van der Waals surface area contributed by atoms with E-state index in [0.29, 0.717) is 38.6 Å². The average Bonchev–Trinajstić information content (AvgIpc) is 3.17. The van der Waals surface area contributed by atoms with E-state index in [-0.39, 0.29) is 50.1 Å². The summed E-state index contributed by atoms with van der Waals surface area (Å²) in [7, 11) is 1.25. The van der Waals surface area contributed by atoms with Crippen molar-refractivity contribution in [3.05, 3.63) is 107 Å². The number of rotatable bonds is 15. The molecule has 290 valence electrons. The topological polar surface area (TPSA) is 151 Å². The van der Waals surface area contributed by atoms with Gasteiger partial charge in [-0.2, -0.15) is 0 Å². The molecule has 0 aromatic heterocycles. The Morgan fingerprint density at radius 3 is 2.22 bits per heavy atom. The van der Waals surface area contributed by atoms with Gasteiger partial charge in [0, 0.05) is 44.7 Å². The molecule has 2 aliphatic heterocycles. The highest BCUT2D eigenvalue weighted by Crippen LogP contribution is 2.41. The van der Waals surface area contributed by atoms with Crippen molar-refractivity contribution in [1.82, 2.24) is 16.0 Å². The third-order valence-electron chi connectivity index (χ3n) is 9.66. The van der Waals surface area contributed by atoms with E-state index in [4.69, 9.17) is 23.7 Å². The number of halogens is 1. The van der Waals surface area contributed by atoms with Gasteiger partial charge in [-0.05, 0) is 61.4 Å². The Hall–Kier alpha value is -5.01. The van der Waals surface area contributed by atoms with E-state index >= 15 is 0 Å². The predicted molar refractivity (Wildman–Crippen MR) is 197 cm³/mol. The highest BCUT2D eigenvalue weighted by molar-refractivity contribution is 5.84. The number of hydrogen-bond donors (Lipinski definition) is 3. The monoisotopic (exact) mass is 747 g/mol. The standard InChI is InChI=1S/C41H50FN3O9/c1-28(38(47)50-2)45-37(46)20-19-33-24-35(52-40(49)43-23-21-29-15-17-32(42)18-16-29)25-41(53-33)22-9-14-34(54-41)27-51-39(48)44-26-36(30-10-5-3-6-11-30)31-12-7-4-8-13-31/h3-8,10-13,15-18,28,33-36H,9,14,19-27H2,1-2H3,(H,43,49)(H,44,48)(H,45,46)/t28-,33+,34+,35+,41-/m0/s1. The van der Waals surface area contributed by atoms with Crippen molar-refractivity contribution in [3.63, 3.8) is 0 Å². The van der Waals surface area contributed by atoms with Gasteiger partial charge in [0.2, 0.25) is 5.91 Å². The highest BCUT2D eigenvalue weighted by Gasteiger charge is 2.47. The number of carbonyl (C=O) groups excluding carboxylic acids is 4. The quantitative estimate of drug-likeness (QED) is 0.127. The van der Waals surface area contributed by atoms with Gasteiger partial charge in [0.15, 0.2) is 5.79 Å². The van der Waals surface area contributed by atoms with Crippen LogP contribution in [0.4, 0.5) is 14.0 Å². The van der Waals surface area contributed by atoms with Crippen molar-refractivity contribution in [1.29, 1.82) is 0 Å². The fourth-order valence-corrected chi connectivity index (χ4v) is 6.96. The summed E-state index contributed by atoms with van der Waals surface area (Å²) in [6.45, 7) is 2.16. The van der Waals surface area contributed by atoms with Crippen LogP contribution in [0.1, 0.15) is 74.5 Å². The normalized spacial score (nSPS) is 21.4. The van der Waals surface area contributed by atoms with Crippen molar-refractivity contribution >= 4 is 24.1 Å². The first kappa shape index (κ1) is 40.2. The molecule has 2 saturated heterocycles. The molecule has 3 amide bonds. The van der Waals surface area contributed by atoms with E-state index in [0.717, 1.165) is 16.7 Å². The molecular formula is C41H50FN3O9. The van der Waals surface area contributed by atoms with E-state index < -0.39 is 48.3 Å². The van der Waals surface area contributed by atoms with Crippen LogP contribution in [0.15, 0.2) is 84.9 Å². The molecule has 0 aliphatic carbocycles. The lowest BCUT2D eigenvalue weighted by molar-refractivity contribution is -0.329. The lowest BCUT2D eigenvalue weighted by Crippen LogP contribution is -2.54. The summed E-state index contributed by atoms with van der Waals surface area (Å²) in [5.41, 5.74) is 3.00. The second kappa shape index (κ2) is 19.9. The van der Waals surface area contributed by atoms with E-state index in [1.807, 2.05) is 60.7 Å². The molecular weight excluding hydrogens is 697 g/mol. The number of ether oxygens (including phenoxy) is 5. The first-order chi connectivity index (χ1) is 26.1. The fraction of sp³-hybridized carbons (Fsp3) is 0.463. The fourth-order valence-electron chi connectivity index (χ4n) is 6.96. The van der Waals surface area contributed by atoms with Crippen molar-refractivity contribution in [2.45, 2.75) is 94.3 Å². The lowest BCUT2D eigenvalue weighted by atomic mass is 9.90. The van der Waals surface area contributed by atoms with Gasteiger partial charge in [0.25, 0.3) is 0 Å². The number of hydrogen-bond acceptors (Lipinski definition) is 9. The maximum absolute atomic E-state index is 13.3.